The molecule has 200 valence electrons. The van der Waals surface area contributed by atoms with E-state index in [1.165, 1.54) is 31.4 Å². The van der Waals surface area contributed by atoms with Crippen LogP contribution in [0.5, 0.6) is 11.5 Å². The van der Waals surface area contributed by atoms with Gasteiger partial charge >= 0.3 is 6.03 Å². The maximum Gasteiger partial charge on any atom is 0.343 e. The van der Waals surface area contributed by atoms with E-state index in [1.54, 1.807) is 78.9 Å². The van der Waals surface area contributed by atoms with Crippen molar-refractivity contribution in [1.82, 2.24) is 0 Å². The van der Waals surface area contributed by atoms with Gasteiger partial charge in [0.25, 0.3) is 11.8 Å². The molecular formula is C31H22ClFN2O5. The van der Waals surface area contributed by atoms with E-state index in [0.717, 1.165) is 9.80 Å². The second-order valence-electron chi connectivity index (χ2n) is 8.71. The number of imide groups is 2. The zero-order chi connectivity index (χ0) is 28.2. The Morgan fingerprint density at radius 3 is 1.90 bits per heavy atom. The first kappa shape index (κ1) is 26.6. The van der Waals surface area contributed by atoms with Gasteiger partial charge in [-0.1, -0.05) is 66.2 Å². The Morgan fingerprint density at radius 1 is 0.800 bits per heavy atom. The number of rotatable bonds is 7. The van der Waals surface area contributed by atoms with E-state index in [0.29, 0.717) is 22.5 Å². The van der Waals surface area contributed by atoms with Gasteiger partial charge in [-0.05, 0) is 54.1 Å². The second-order valence-corrected chi connectivity index (χ2v) is 9.11. The number of carbonyl (C=O) groups excluding carboxylic acids is 3. The van der Waals surface area contributed by atoms with Crippen molar-refractivity contribution < 1.29 is 28.2 Å². The summed E-state index contributed by atoms with van der Waals surface area (Å²) in [5.41, 5.74) is 1.04. The van der Waals surface area contributed by atoms with Crippen molar-refractivity contribution in [2.45, 2.75) is 6.61 Å². The summed E-state index contributed by atoms with van der Waals surface area (Å²) in [6.45, 7) is -0.0969. The van der Waals surface area contributed by atoms with Gasteiger partial charge in [-0.25, -0.2) is 19.0 Å². The summed E-state index contributed by atoms with van der Waals surface area (Å²) in [4.78, 5) is 42.5. The smallest absolute Gasteiger partial charge is 0.343 e. The van der Waals surface area contributed by atoms with Gasteiger partial charge in [0.05, 0.1) is 23.5 Å². The van der Waals surface area contributed by atoms with Crippen LogP contribution in [0.4, 0.5) is 20.6 Å². The van der Waals surface area contributed by atoms with E-state index in [2.05, 4.69) is 0 Å². The summed E-state index contributed by atoms with van der Waals surface area (Å²) in [5, 5.41) is 0.120. The largest absolute Gasteiger partial charge is 0.493 e. The Labute approximate surface area is 234 Å². The number of urea groups is 1. The average molecular weight is 557 g/mol. The highest BCUT2D eigenvalue weighted by molar-refractivity contribution is 6.46. The van der Waals surface area contributed by atoms with Crippen LogP contribution >= 0.6 is 11.6 Å². The van der Waals surface area contributed by atoms with Gasteiger partial charge < -0.3 is 9.47 Å². The summed E-state index contributed by atoms with van der Waals surface area (Å²) in [6.07, 6.45) is 1.35. The Bertz CT molecular complexity index is 1560. The van der Waals surface area contributed by atoms with Crippen molar-refractivity contribution >= 4 is 46.9 Å². The van der Waals surface area contributed by atoms with Crippen LogP contribution in [0.1, 0.15) is 11.1 Å². The normalized spacial score (nSPS) is 13.5. The van der Waals surface area contributed by atoms with Crippen LogP contribution in [0.3, 0.4) is 0 Å². The quantitative estimate of drug-likeness (QED) is 0.188. The van der Waals surface area contributed by atoms with Gasteiger partial charge in [0, 0.05) is 5.56 Å². The van der Waals surface area contributed by atoms with Gasteiger partial charge in [-0.15, -0.1) is 0 Å². The van der Waals surface area contributed by atoms with Crippen LogP contribution in [-0.2, 0) is 16.2 Å². The zero-order valence-corrected chi connectivity index (χ0v) is 22.0. The molecule has 0 atom stereocenters. The average Bonchev–Trinajstić information content (AvgIpc) is 2.96. The fraction of sp³-hybridized carbons (Fsp3) is 0.0645. The highest BCUT2D eigenvalue weighted by atomic mass is 35.5. The lowest BCUT2D eigenvalue weighted by atomic mass is 10.0. The molecule has 0 N–H and O–H groups in total. The summed E-state index contributed by atoms with van der Waals surface area (Å²) in [7, 11) is 1.41. The fourth-order valence-corrected chi connectivity index (χ4v) is 4.51. The minimum absolute atomic E-state index is 0.0969. The van der Waals surface area contributed by atoms with Gasteiger partial charge in [0.2, 0.25) is 0 Å². The van der Waals surface area contributed by atoms with Crippen LogP contribution in [0.15, 0.2) is 103 Å². The van der Waals surface area contributed by atoms with Crippen molar-refractivity contribution in [2.75, 3.05) is 16.9 Å². The molecule has 40 heavy (non-hydrogen) atoms. The van der Waals surface area contributed by atoms with Crippen LogP contribution in [-0.4, -0.2) is 25.0 Å². The molecule has 7 nitrogen and oxygen atoms in total. The molecular weight excluding hydrogens is 535 g/mol. The Hall–Kier alpha value is -4.95. The first-order valence-electron chi connectivity index (χ1n) is 12.2. The van der Waals surface area contributed by atoms with E-state index >= 15 is 0 Å². The number of amides is 4. The molecule has 1 aliphatic heterocycles. The molecule has 4 amide bonds. The van der Waals surface area contributed by atoms with E-state index in [4.69, 9.17) is 21.1 Å². The van der Waals surface area contributed by atoms with Crippen LogP contribution in [0.2, 0.25) is 5.02 Å². The molecule has 0 unspecified atom stereocenters. The molecule has 0 saturated carbocycles. The maximum absolute atomic E-state index is 14.1. The van der Waals surface area contributed by atoms with E-state index in [-0.39, 0.29) is 28.7 Å². The number of hydrogen-bond acceptors (Lipinski definition) is 5. The van der Waals surface area contributed by atoms with Crippen molar-refractivity contribution in [3.05, 3.63) is 125 Å². The molecule has 0 aliphatic carbocycles. The van der Waals surface area contributed by atoms with Gasteiger partial charge in [0.1, 0.15) is 18.0 Å². The number of ether oxygens (including phenoxy) is 2. The molecule has 5 rings (SSSR count). The van der Waals surface area contributed by atoms with Crippen LogP contribution < -0.4 is 19.3 Å². The molecule has 0 aromatic heterocycles. The van der Waals surface area contributed by atoms with Crippen molar-refractivity contribution in [2.24, 2.45) is 0 Å². The molecule has 1 aliphatic rings. The summed E-state index contributed by atoms with van der Waals surface area (Å²) < 4.78 is 25.3. The number of halogens is 2. The summed E-state index contributed by atoms with van der Waals surface area (Å²) >= 11 is 6.51. The maximum atomic E-state index is 14.1. The molecule has 0 radical (unpaired) electrons. The highest BCUT2D eigenvalue weighted by Gasteiger charge is 2.43. The van der Waals surface area contributed by atoms with E-state index in [1.807, 2.05) is 0 Å². The van der Waals surface area contributed by atoms with Crippen molar-refractivity contribution in [1.29, 1.82) is 0 Å². The third kappa shape index (κ3) is 5.17. The number of hydrogen-bond donors (Lipinski definition) is 0. The molecule has 0 bridgehead atoms. The fourth-order valence-electron chi connectivity index (χ4n) is 4.23. The number of para-hydroxylation sites is 2. The lowest BCUT2D eigenvalue weighted by molar-refractivity contribution is -0.121. The SMILES string of the molecule is COc1cc(C=C2C(=O)N(c3ccccc3)C(=O)N(c3ccccc3)C2=O)cc(Cl)c1OCc1ccccc1F. The van der Waals surface area contributed by atoms with Gasteiger partial charge in [-0.3, -0.25) is 9.59 Å². The van der Waals surface area contributed by atoms with Gasteiger partial charge in [0.15, 0.2) is 11.5 Å². The third-order valence-corrected chi connectivity index (χ3v) is 6.45. The Kier molecular flexibility index (Phi) is 7.61. The molecule has 1 heterocycles. The minimum Gasteiger partial charge on any atom is -0.493 e. The zero-order valence-electron chi connectivity index (χ0n) is 21.2. The number of benzene rings is 4. The summed E-state index contributed by atoms with van der Waals surface area (Å²) in [5.74, 6) is -1.62. The van der Waals surface area contributed by atoms with Gasteiger partial charge in [-0.2, -0.15) is 0 Å². The van der Waals surface area contributed by atoms with E-state index in [9.17, 15) is 18.8 Å². The Morgan fingerprint density at radius 2 is 1.35 bits per heavy atom. The van der Waals surface area contributed by atoms with E-state index < -0.39 is 23.7 Å². The predicted octanol–water partition coefficient (Wildman–Crippen LogP) is 6.65. The lowest BCUT2D eigenvalue weighted by Crippen LogP contribution is -2.57. The monoisotopic (exact) mass is 556 g/mol. The number of barbiturate groups is 1. The lowest BCUT2D eigenvalue weighted by Gasteiger charge is -2.34. The number of nitrogens with zero attached hydrogens (tertiary/aromatic N) is 2. The third-order valence-electron chi connectivity index (χ3n) is 6.17. The second kappa shape index (κ2) is 11.4. The molecule has 1 fully saturated rings. The molecule has 0 spiro atoms. The number of methoxy groups -OCH3 is 1. The van der Waals surface area contributed by atoms with Crippen LogP contribution in [0, 0.1) is 5.82 Å². The first-order chi connectivity index (χ1) is 19.4. The molecule has 1 saturated heterocycles. The molecule has 9 heteroatoms. The predicted molar refractivity (Wildman–Crippen MR) is 150 cm³/mol. The first-order valence-corrected chi connectivity index (χ1v) is 12.5. The standard InChI is InChI=1S/C31H22ClFN2O5/c1-39-27-18-20(17-25(32)28(27)40-19-21-10-8-9-15-26(21)33)16-24-29(36)34(22-11-4-2-5-12-22)31(38)35(30(24)37)23-13-6-3-7-14-23/h2-18H,19H2,1H3. The number of carbonyl (C=O) groups is 3. The van der Waals surface area contributed by atoms with Crippen LogP contribution in [0.25, 0.3) is 6.08 Å². The summed E-state index contributed by atoms with van der Waals surface area (Å²) in [6, 6.07) is 25.1. The highest BCUT2D eigenvalue weighted by Crippen LogP contribution is 2.38. The minimum atomic E-state index is -0.794. The molecule has 4 aromatic carbocycles. The topological polar surface area (TPSA) is 76.2 Å². The van der Waals surface area contributed by atoms with Crippen molar-refractivity contribution in [3.63, 3.8) is 0 Å². The molecule has 4 aromatic rings. The van der Waals surface area contributed by atoms with Crippen molar-refractivity contribution in [3.8, 4) is 11.5 Å². The Balaban J connectivity index is 1.55. The number of anilines is 2.